The molecule has 7 aromatic heterocycles. The number of Topliss-reactive ketones (excluding diaryl/α,β-unsaturated/α-hetero) is 1. The standard InChI is InChI=1S/C26H35N5O2S.C25H31ClN4O2S.C16H14N2O2S.C15H11Cl2N3S/c1-26(2,3)33-24(32)7-5-4-6-12-28-25-22(16-27)29-20-9-8-19(15-21(20)30-25)31-13-10-23-18(17-31)11-14-34-23;1-25(2,3)32-22(31)7-5-4-6-12-27-24-23(26)28-19-9-8-18(15-20(19)29-24)30-13-10-21-17(16-30)11-14-33-21;19-14-7-10-1-2-12(8-13(10)17-16(14)20)18-5-3-15-11(9-18)4-6-21-15;16-14-15(17)19-12-7-10(1-2-11(12)18-14)20-5-3-13-9(8-20)4-6-21-13/h8-9,11,14-15H,4-7,10,12-13,16-17,27H2,1-3H3,(H,28,30);8-9,11,14-15H,4-7,10,12-13,16H2,1-3H3,(H,27,29);1-2,4,6,8H,3,5,7,9H2,(H,17,20);1-2,4,6-7H,3,5,8H2. The van der Waals surface area contributed by atoms with Crippen LogP contribution in [0, 0.1) is 0 Å². The van der Waals surface area contributed by atoms with E-state index in [-0.39, 0.29) is 34.4 Å². The van der Waals surface area contributed by atoms with Crippen LogP contribution in [0.3, 0.4) is 0 Å². The predicted molar refractivity (Wildman–Crippen MR) is 447 cm³/mol. The van der Waals surface area contributed by atoms with Gasteiger partial charge in [-0.2, -0.15) is 0 Å². The lowest BCUT2D eigenvalue weighted by Crippen LogP contribution is -2.31. The Balaban J connectivity index is 0.000000131. The van der Waals surface area contributed by atoms with Gasteiger partial charge in [-0.05, 0) is 233 Å². The molecular formula is C82H91Cl3N14O6S4. The highest BCUT2D eigenvalue weighted by atomic mass is 35.5. The van der Waals surface area contributed by atoms with E-state index in [2.05, 4.69) is 127 Å². The third-order valence-electron chi connectivity index (χ3n) is 19.3. The minimum absolute atomic E-state index is 0.133. The van der Waals surface area contributed by atoms with Gasteiger partial charge in [-0.1, -0.05) is 53.7 Å². The Bertz CT molecular complexity index is 5090. The molecule has 0 aliphatic carbocycles. The summed E-state index contributed by atoms with van der Waals surface area (Å²) in [6, 6.07) is 33.4. The van der Waals surface area contributed by atoms with Crippen LogP contribution in [0.4, 0.5) is 40.1 Å². The molecule has 20 nitrogen and oxygen atoms in total. The fraction of sp³-hybridized carbons (Fsp3) is 0.390. The maximum atomic E-state index is 11.8. The van der Waals surface area contributed by atoms with Crippen molar-refractivity contribution >= 4 is 177 Å². The zero-order chi connectivity index (χ0) is 76.3. The van der Waals surface area contributed by atoms with Gasteiger partial charge in [-0.3, -0.25) is 19.2 Å². The second-order valence-electron chi connectivity index (χ2n) is 29.6. The fourth-order valence-corrected chi connectivity index (χ4v) is 17.8. The van der Waals surface area contributed by atoms with E-state index in [1.807, 2.05) is 129 Å². The molecule has 0 saturated heterocycles. The third-order valence-corrected chi connectivity index (χ3v) is 24.2. The molecule has 0 atom stereocenters. The molecule has 0 radical (unpaired) electrons. The van der Waals surface area contributed by atoms with E-state index < -0.39 is 17.1 Å². The molecule has 0 bridgehead atoms. The number of esters is 2. The Morgan fingerprint density at radius 2 is 0.835 bits per heavy atom. The number of anilines is 7. The number of aromatic nitrogens is 6. The van der Waals surface area contributed by atoms with Crippen LogP contribution >= 0.6 is 80.1 Å². The lowest BCUT2D eigenvalue weighted by molar-refractivity contribution is -0.156. The molecule has 0 saturated carbocycles. The van der Waals surface area contributed by atoms with E-state index in [0.29, 0.717) is 30.4 Å². The van der Waals surface area contributed by atoms with Gasteiger partial charge in [0.05, 0.1) is 38.8 Å². The number of thiophene rings is 4. The number of carbonyl (C=O) groups is 4. The maximum Gasteiger partial charge on any atom is 0.306 e. The Kier molecular flexibility index (Phi) is 25.7. The Morgan fingerprint density at radius 3 is 1.27 bits per heavy atom. The maximum absolute atomic E-state index is 11.8. The molecule has 12 heterocycles. The molecule has 11 aromatic rings. The molecule has 1 amide bonds. The van der Waals surface area contributed by atoms with E-state index in [1.165, 1.54) is 47.4 Å². The highest BCUT2D eigenvalue weighted by Gasteiger charge is 2.27. The zero-order valence-corrected chi connectivity index (χ0v) is 67.8. The first-order chi connectivity index (χ1) is 52.5. The lowest BCUT2D eigenvalue weighted by atomic mass is 10.0. The molecular weight excluding hydrogens is 1510 g/mol. The van der Waals surface area contributed by atoms with Crippen molar-refractivity contribution in [3.63, 3.8) is 0 Å². The van der Waals surface area contributed by atoms with Gasteiger partial charge in [0.25, 0.3) is 5.91 Å². The van der Waals surface area contributed by atoms with Crippen LogP contribution in [0.5, 0.6) is 0 Å². The van der Waals surface area contributed by atoms with Gasteiger partial charge in [0.2, 0.25) is 5.78 Å². The number of unbranched alkanes of at least 4 members (excludes halogenated alkanes) is 4. The van der Waals surface area contributed by atoms with Crippen molar-refractivity contribution in [2.45, 2.75) is 169 Å². The highest BCUT2D eigenvalue weighted by molar-refractivity contribution is 7.11. The first-order valence-corrected chi connectivity index (χ1v) is 41.9. The summed E-state index contributed by atoms with van der Waals surface area (Å²) in [6.07, 6.45) is 10.8. The number of nitrogens with one attached hydrogen (secondary N) is 3. The Labute approximate surface area is 667 Å². The molecule has 5 aliphatic heterocycles. The normalized spacial score (nSPS) is 14.6. The number of carbonyl (C=O) groups excluding carboxylic acids is 4. The van der Waals surface area contributed by atoms with Crippen molar-refractivity contribution in [1.29, 1.82) is 0 Å². The van der Waals surface area contributed by atoms with Crippen LogP contribution in [0.1, 0.15) is 146 Å². The summed E-state index contributed by atoms with van der Waals surface area (Å²) in [7, 11) is 0. The van der Waals surface area contributed by atoms with Gasteiger partial charge in [-0.25, -0.2) is 29.9 Å². The summed E-state index contributed by atoms with van der Waals surface area (Å²) in [5.74, 6) is 0.212. The summed E-state index contributed by atoms with van der Waals surface area (Å²) in [6.45, 7) is 20.9. The molecule has 0 fully saturated rings. The first-order valence-electron chi connectivity index (χ1n) is 37.2. The van der Waals surface area contributed by atoms with Crippen molar-refractivity contribution in [2.24, 2.45) is 5.73 Å². The minimum atomic E-state index is -0.501. The summed E-state index contributed by atoms with van der Waals surface area (Å²) in [5, 5.41) is 19.0. The van der Waals surface area contributed by atoms with Crippen LogP contribution < -0.4 is 41.3 Å². The average molecular weight is 1600 g/mol. The molecule has 5 N–H and O–H groups in total. The van der Waals surface area contributed by atoms with Gasteiger partial charge < -0.3 is 50.8 Å². The number of hydrogen-bond acceptors (Lipinski definition) is 23. The predicted octanol–water partition coefficient (Wildman–Crippen LogP) is 18.2. The Hall–Kier alpha value is -8.59. The number of rotatable bonds is 19. The number of ketones is 1. The van der Waals surface area contributed by atoms with E-state index in [1.54, 1.807) is 0 Å². The largest absolute Gasteiger partial charge is 0.460 e. The van der Waals surface area contributed by atoms with Crippen LogP contribution in [-0.2, 0) is 93.5 Å². The number of benzene rings is 4. The lowest BCUT2D eigenvalue weighted by Gasteiger charge is -2.30. The number of nitrogens with zero attached hydrogens (tertiary/aromatic N) is 10. The highest BCUT2D eigenvalue weighted by Crippen LogP contribution is 2.37. The number of fused-ring (bicyclic) bond motifs is 8. The van der Waals surface area contributed by atoms with Gasteiger partial charge >= 0.3 is 11.9 Å². The van der Waals surface area contributed by atoms with Gasteiger partial charge in [0.15, 0.2) is 21.3 Å². The molecule has 27 heteroatoms. The average Bonchev–Trinajstić information content (AvgIpc) is 1.75. The van der Waals surface area contributed by atoms with E-state index in [0.717, 1.165) is 203 Å². The summed E-state index contributed by atoms with van der Waals surface area (Å²) < 4.78 is 10.7. The van der Waals surface area contributed by atoms with Crippen LogP contribution in [0.2, 0.25) is 15.5 Å². The number of hydrogen-bond donors (Lipinski definition) is 4. The molecule has 16 rings (SSSR count). The van der Waals surface area contributed by atoms with Crippen molar-refractivity contribution in [3.8, 4) is 0 Å². The van der Waals surface area contributed by atoms with Crippen LogP contribution in [0.15, 0.2) is 119 Å². The van der Waals surface area contributed by atoms with Crippen molar-refractivity contribution in [2.75, 3.05) is 74.8 Å². The summed E-state index contributed by atoms with van der Waals surface area (Å²) in [5.41, 5.74) is 22.7. The monoisotopic (exact) mass is 1600 g/mol. The summed E-state index contributed by atoms with van der Waals surface area (Å²) >= 11 is 25.6. The van der Waals surface area contributed by atoms with Crippen LogP contribution in [-0.4, -0.2) is 104 Å². The Morgan fingerprint density at radius 1 is 0.459 bits per heavy atom. The zero-order valence-electron chi connectivity index (χ0n) is 62.3. The fourth-order valence-electron chi connectivity index (χ4n) is 13.8. The second-order valence-corrected chi connectivity index (χ2v) is 34.7. The molecule has 0 unspecified atom stereocenters. The van der Waals surface area contributed by atoms with Gasteiger partial charge in [0, 0.05) is 139 Å². The molecule has 570 valence electrons. The molecule has 4 aromatic carbocycles. The smallest absolute Gasteiger partial charge is 0.306 e. The second kappa shape index (κ2) is 35.6. The number of ether oxygens (including phenoxy) is 2. The number of nitrogens with two attached hydrogens (primary N) is 1. The van der Waals surface area contributed by atoms with Crippen molar-refractivity contribution in [3.05, 3.63) is 187 Å². The van der Waals surface area contributed by atoms with E-state index in [4.69, 9.17) is 65.0 Å². The number of amides is 1. The van der Waals surface area contributed by atoms with Gasteiger partial charge in [0.1, 0.15) is 17.0 Å². The summed E-state index contributed by atoms with van der Waals surface area (Å²) in [4.78, 5) is 89.5. The van der Waals surface area contributed by atoms with Crippen molar-refractivity contribution < 1.29 is 28.7 Å². The van der Waals surface area contributed by atoms with Crippen LogP contribution in [0.25, 0.3) is 33.1 Å². The number of halogens is 3. The van der Waals surface area contributed by atoms with Gasteiger partial charge in [-0.15, -0.1) is 45.3 Å². The molecule has 0 spiro atoms. The van der Waals surface area contributed by atoms with Crippen molar-refractivity contribution in [1.82, 2.24) is 29.9 Å². The molecule has 5 aliphatic rings. The minimum Gasteiger partial charge on any atom is -0.460 e. The third kappa shape index (κ3) is 20.7. The molecule has 109 heavy (non-hydrogen) atoms. The van der Waals surface area contributed by atoms with E-state index in [9.17, 15) is 19.2 Å². The first kappa shape index (κ1) is 78.5. The topological polar surface area (TPSA) is 239 Å². The SMILES string of the molecule is CC(C)(C)OC(=O)CCCCCNc1nc2cc(N3CCc4sccc4C3)ccc2nc1CN.CC(C)(C)OC(=O)CCCCCNc1nc2cc(N3CCc4sccc4C3)ccc2nc1Cl.Clc1nc2ccc(N3CCc4sccc4C3)cc2nc1Cl.O=C1Cc2ccc(N3CCc4sccc4C3)cc2NC1=O. The quantitative estimate of drug-likeness (QED) is 0.0334. The van der Waals surface area contributed by atoms with E-state index >= 15 is 0 Å².